The van der Waals surface area contributed by atoms with Crippen LogP contribution in [0.25, 0.3) is 10.8 Å². The van der Waals surface area contributed by atoms with Crippen LogP contribution in [0.5, 0.6) is 0 Å². The van der Waals surface area contributed by atoms with E-state index in [1.165, 1.54) is 23.6 Å². The molecule has 0 bridgehead atoms. The second-order valence-corrected chi connectivity index (χ2v) is 6.77. The summed E-state index contributed by atoms with van der Waals surface area (Å²) in [6.07, 6.45) is -0.940. The third kappa shape index (κ3) is 4.30. The zero-order valence-electron chi connectivity index (χ0n) is 13.7. The third-order valence-electron chi connectivity index (χ3n) is 3.86. The van der Waals surface area contributed by atoms with Gasteiger partial charge in [-0.1, -0.05) is 42.1 Å². The molecule has 2 amide bonds. The fourth-order valence-electron chi connectivity index (χ4n) is 2.52. The van der Waals surface area contributed by atoms with Crippen molar-refractivity contribution >= 4 is 45.3 Å². The van der Waals surface area contributed by atoms with Crippen molar-refractivity contribution in [3.63, 3.8) is 0 Å². The first-order valence-electron chi connectivity index (χ1n) is 7.94. The van der Waals surface area contributed by atoms with E-state index in [2.05, 4.69) is 5.32 Å². The molecule has 1 atom stereocenters. The number of amides is 2. The van der Waals surface area contributed by atoms with Crippen LogP contribution in [0.2, 0.25) is 0 Å². The summed E-state index contributed by atoms with van der Waals surface area (Å²) in [6.45, 7) is 1.91. The summed E-state index contributed by atoms with van der Waals surface area (Å²) in [4.78, 5) is 37.0. The molecule has 1 aliphatic heterocycles. The number of rotatable bonds is 5. The second-order valence-electron chi connectivity index (χ2n) is 5.72. The highest BCUT2D eigenvalue weighted by Crippen LogP contribution is 2.19. The zero-order valence-corrected chi connectivity index (χ0v) is 14.5. The summed E-state index contributed by atoms with van der Waals surface area (Å²) >= 11 is 1.18. The van der Waals surface area contributed by atoms with E-state index >= 15 is 0 Å². The number of esters is 1. The lowest BCUT2D eigenvalue weighted by molar-refractivity contribution is -0.153. The Hall–Kier alpha value is -2.54. The number of hydrogen-bond acceptors (Lipinski definition) is 5. The predicted molar refractivity (Wildman–Crippen MR) is 97.6 cm³/mol. The van der Waals surface area contributed by atoms with Gasteiger partial charge in [0, 0.05) is 18.0 Å². The van der Waals surface area contributed by atoms with Gasteiger partial charge in [-0.2, -0.15) is 0 Å². The van der Waals surface area contributed by atoms with Gasteiger partial charge in [0.2, 0.25) is 0 Å². The quantitative estimate of drug-likeness (QED) is 0.832. The number of anilines is 1. The number of nitrogens with zero attached hydrogens (tertiary/aromatic N) is 1. The first-order valence-corrected chi connectivity index (χ1v) is 8.92. The number of nitrogens with one attached hydrogen (secondary N) is 1. The number of ether oxygens (including phenoxy) is 1. The van der Waals surface area contributed by atoms with E-state index in [9.17, 15) is 14.4 Å². The van der Waals surface area contributed by atoms with Gasteiger partial charge in [-0.15, -0.1) is 0 Å². The van der Waals surface area contributed by atoms with Crippen LogP contribution < -0.4 is 5.32 Å². The van der Waals surface area contributed by atoms with Crippen molar-refractivity contribution in [1.82, 2.24) is 4.90 Å². The number of fused-ring (bicyclic) bond motifs is 1. The number of carbonyl (C=O) groups excluding carboxylic acids is 3. The maximum Gasteiger partial charge on any atom is 0.326 e. The van der Waals surface area contributed by atoms with Crippen molar-refractivity contribution in [3.8, 4) is 0 Å². The number of carbonyl (C=O) groups is 3. The van der Waals surface area contributed by atoms with Gasteiger partial charge in [0.15, 0.2) is 6.10 Å². The highest BCUT2D eigenvalue weighted by Gasteiger charge is 2.26. The summed E-state index contributed by atoms with van der Waals surface area (Å²) in [5.41, 5.74) is 0.637. The van der Waals surface area contributed by atoms with Crippen LogP contribution in [0.3, 0.4) is 0 Å². The lowest BCUT2D eigenvalue weighted by Crippen LogP contribution is -2.36. The molecule has 1 N–H and O–H groups in total. The van der Waals surface area contributed by atoms with Gasteiger partial charge < -0.3 is 15.0 Å². The van der Waals surface area contributed by atoms with Crippen LogP contribution in [0.15, 0.2) is 42.5 Å². The minimum absolute atomic E-state index is 0.126. The Morgan fingerprint density at radius 3 is 2.72 bits per heavy atom. The molecule has 6 nitrogen and oxygen atoms in total. The molecule has 2 aromatic carbocycles. The minimum Gasteiger partial charge on any atom is -0.451 e. The fraction of sp³-hybridized carbons (Fsp3) is 0.278. The number of benzene rings is 2. The summed E-state index contributed by atoms with van der Waals surface area (Å²) in [6, 6.07) is 13.4. The van der Waals surface area contributed by atoms with E-state index in [-0.39, 0.29) is 11.8 Å². The molecule has 1 heterocycles. The standard InChI is InChI=1S/C18H18N2O4S/c1-12(24-16(21)11-20-8-9-25-18(20)23)17(22)19-15-7-6-13-4-2-3-5-14(13)10-15/h2-7,10,12H,8-9,11H2,1H3,(H,19,22)/t12-/m1/s1. The molecule has 0 spiro atoms. The van der Waals surface area contributed by atoms with Crippen molar-refractivity contribution in [2.75, 3.05) is 24.2 Å². The first kappa shape index (κ1) is 17.3. The summed E-state index contributed by atoms with van der Waals surface area (Å²) in [7, 11) is 0. The Balaban J connectivity index is 1.56. The van der Waals surface area contributed by atoms with Gasteiger partial charge in [-0.05, 0) is 29.8 Å². The molecule has 7 heteroatoms. The molecule has 0 radical (unpaired) electrons. The highest BCUT2D eigenvalue weighted by molar-refractivity contribution is 8.13. The van der Waals surface area contributed by atoms with Gasteiger partial charge in [0.1, 0.15) is 6.54 Å². The van der Waals surface area contributed by atoms with Crippen molar-refractivity contribution in [1.29, 1.82) is 0 Å². The Morgan fingerprint density at radius 2 is 2.00 bits per heavy atom. The van der Waals surface area contributed by atoms with Gasteiger partial charge in [-0.25, -0.2) is 0 Å². The van der Waals surface area contributed by atoms with E-state index in [1.54, 1.807) is 6.07 Å². The molecule has 0 aliphatic carbocycles. The van der Waals surface area contributed by atoms with Crippen LogP contribution in [0.1, 0.15) is 6.92 Å². The second kappa shape index (κ2) is 7.57. The third-order valence-corrected chi connectivity index (χ3v) is 4.75. The normalized spacial score (nSPS) is 15.2. The zero-order chi connectivity index (χ0) is 17.8. The maximum atomic E-state index is 12.2. The Morgan fingerprint density at radius 1 is 1.24 bits per heavy atom. The molecule has 3 rings (SSSR count). The summed E-state index contributed by atoms with van der Waals surface area (Å²) in [5, 5.41) is 4.69. The average molecular weight is 358 g/mol. The highest BCUT2D eigenvalue weighted by atomic mass is 32.2. The molecule has 130 valence electrons. The molecule has 1 fully saturated rings. The van der Waals surface area contributed by atoms with Gasteiger partial charge in [-0.3, -0.25) is 14.4 Å². The van der Waals surface area contributed by atoms with Crippen LogP contribution in [-0.2, 0) is 14.3 Å². The van der Waals surface area contributed by atoms with Crippen molar-refractivity contribution in [3.05, 3.63) is 42.5 Å². The Labute approximate surface area is 149 Å². The first-order chi connectivity index (χ1) is 12.0. The van der Waals surface area contributed by atoms with Crippen LogP contribution in [-0.4, -0.2) is 47.0 Å². The monoisotopic (exact) mass is 358 g/mol. The molecule has 1 aliphatic rings. The van der Waals surface area contributed by atoms with Crippen molar-refractivity contribution < 1.29 is 19.1 Å². The molecule has 1 saturated heterocycles. The van der Waals surface area contributed by atoms with Crippen molar-refractivity contribution in [2.24, 2.45) is 0 Å². The van der Waals surface area contributed by atoms with E-state index < -0.39 is 18.0 Å². The Kier molecular flexibility index (Phi) is 5.23. The van der Waals surface area contributed by atoms with Crippen LogP contribution in [0, 0.1) is 0 Å². The van der Waals surface area contributed by atoms with E-state index in [1.807, 2.05) is 36.4 Å². The number of hydrogen-bond donors (Lipinski definition) is 1. The average Bonchev–Trinajstić information content (AvgIpc) is 2.99. The topological polar surface area (TPSA) is 75.7 Å². The van der Waals surface area contributed by atoms with Gasteiger partial charge in [0.25, 0.3) is 11.1 Å². The molecule has 0 aromatic heterocycles. The summed E-state index contributed by atoms with van der Waals surface area (Å²) in [5.74, 6) is -0.327. The fourth-order valence-corrected chi connectivity index (χ4v) is 3.35. The van der Waals surface area contributed by atoms with Gasteiger partial charge >= 0.3 is 5.97 Å². The Bertz CT molecular complexity index is 824. The van der Waals surface area contributed by atoms with E-state index in [0.717, 1.165) is 10.8 Å². The van der Waals surface area contributed by atoms with E-state index in [4.69, 9.17) is 4.74 Å². The molecular formula is C18H18N2O4S. The molecular weight excluding hydrogens is 340 g/mol. The lowest BCUT2D eigenvalue weighted by Gasteiger charge is -2.17. The largest absolute Gasteiger partial charge is 0.451 e. The molecule has 0 saturated carbocycles. The molecule has 25 heavy (non-hydrogen) atoms. The summed E-state index contributed by atoms with van der Waals surface area (Å²) < 4.78 is 5.13. The predicted octanol–water partition coefficient (Wildman–Crippen LogP) is 2.88. The lowest BCUT2D eigenvalue weighted by atomic mass is 10.1. The smallest absolute Gasteiger partial charge is 0.326 e. The van der Waals surface area contributed by atoms with E-state index in [0.29, 0.717) is 18.0 Å². The van der Waals surface area contributed by atoms with Crippen LogP contribution >= 0.6 is 11.8 Å². The minimum atomic E-state index is -0.940. The molecule has 2 aromatic rings. The maximum absolute atomic E-state index is 12.2. The van der Waals surface area contributed by atoms with Crippen LogP contribution in [0.4, 0.5) is 10.5 Å². The number of thioether (sulfide) groups is 1. The molecule has 0 unspecified atom stereocenters. The SMILES string of the molecule is C[C@@H](OC(=O)CN1CCSC1=O)C(=O)Nc1ccc2ccccc2c1. The van der Waals surface area contributed by atoms with Crippen molar-refractivity contribution in [2.45, 2.75) is 13.0 Å². The van der Waals surface area contributed by atoms with Gasteiger partial charge in [0.05, 0.1) is 0 Å².